The van der Waals surface area contributed by atoms with E-state index in [9.17, 15) is 33.6 Å². The predicted octanol–water partition coefficient (Wildman–Crippen LogP) is 17.7. The first-order valence-electron chi connectivity index (χ1n) is 47.1. The van der Waals surface area contributed by atoms with Crippen molar-refractivity contribution in [3.63, 3.8) is 0 Å². The number of ether oxygens (including phenoxy) is 2. The minimum Gasteiger partial charge on any atom is -1.00 e. The van der Waals surface area contributed by atoms with Gasteiger partial charge in [-0.2, -0.15) is 15.3 Å². The van der Waals surface area contributed by atoms with Gasteiger partial charge >= 0.3 is 115 Å². The van der Waals surface area contributed by atoms with Gasteiger partial charge in [0.2, 0.25) is 0 Å². The molecule has 6 heterocycles. The Hall–Kier alpha value is -12.1. The zero-order chi connectivity index (χ0) is 101. The third-order valence-corrected chi connectivity index (χ3v) is 24.9. The number of halogens is 3. The minimum atomic E-state index is -0.566. The van der Waals surface area contributed by atoms with E-state index in [-0.39, 0.29) is 153 Å². The van der Waals surface area contributed by atoms with E-state index in [2.05, 4.69) is 103 Å². The maximum Gasteiger partial charge on any atom is 1.00 e. The van der Waals surface area contributed by atoms with Gasteiger partial charge in [-0.15, -0.1) is 24.0 Å². The molecule has 5 aromatic heterocycles. The summed E-state index contributed by atoms with van der Waals surface area (Å²) in [7, 11) is 0. The van der Waals surface area contributed by atoms with Gasteiger partial charge in [-0.1, -0.05) is 154 Å². The van der Waals surface area contributed by atoms with E-state index in [1.165, 1.54) is 16.6 Å². The fourth-order valence-corrected chi connectivity index (χ4v) is 18.6. The number of hydrogen-bond donors (Lipinski definition) is 9. The van der Waals surface area contributed by atoms with Gasteiger partial charge in [-0.3, -0.25) is 53.4 Å². The smallest absolute Gasteiger partial charge is 1.00 e. The summed E-state index contributed by atoms with van der Waals surface area (Å²) >= 11 is 11.0. The molecule has 11 aromatic carbocycles. The largest absolute Gasteiger partial charge is 1.00 e. The van der Waals surface area contributed by atoms with E-state index < -0.39 is 28.6 Å². The van der Waals surface area contributed by atoms with E-state index in [0.29, 0.717) is 102 Å². The Labute approximate surface area is 945 Å². The SMILES string of the molecule is CC(C)(C)OC(=O)Nc1ccc2c(CCl)cccc2c1.Cc1cccc(NC(=O)c2nn(Cc3cccc4cc(N)ccc34)c3c2CCCC3C)c1.Cc1cccc(NC(=O)c2nn(Cc3cccc4cc(N)ccc34)c3c2CN(C(=O)c2ccc[nH]2)CC3C)c1.Cc1cccc(NC(=O)c2nn(Cc3cccc4cc(NC(=O)OC(C)(C)C)ccc34)c3c2CCCC3C)c1.Cl.O=C(Cl)c1ccc[nH]1.O=CO[O-].[H-].[K+].[K+]. The maximum atomic E-state index is 13.6. The fraction of sp³-hybridized carbons (Fsp3) is 0.259. The van der Waals surface area contributed by atoms with Crippen LogP contribution in [0.4, 0.5) is 49.4 Å². The number of aryl methyl sites for hydroxylation is 3. The zero-order valence-electron chi connectivity index (χ0n) is 84.9. The first-order valence-corrected chi connectivity index (χ1v) is 48.0. The van der Waals surface area contributed by atoms with E-state index in [1.54, 1.807) is 35.5 Å². The topological polar surface area (TPSA) is 388 Å². The Balaban J connectivity index is 0.000000194. The number of hydrogen-bond acceptors (Lipinski definition) is 17. The van der Waals surface area contributed by atoms with Crippen molar-refractivity contribution >= 4 is 166 Å². The number of carbonyl (C=O) groups is 8. The zero-order valence-corrected chi connectivity index (χ0v) is 92.5. The molecular weight excluding hydrogens is 1950 g/mol. The maximum absolute atomic E-state index is 13.6. The van der Waals surface area contributed by atoms with Gasteiger partial charge in [-0.25, -0.2) is 9.59 Å². The number of amides is 6. The molecule has 19 rings (SSSR count). The second kappa shape index (κ2) is 51.8. The number of rotatable bonds is 18. The van der Waals surface area contributed by atoms with E-state index in [0.717, 1.165) is 155 Å². The van der Waals surface area contributed by atoms with E-state index >= 15 is 0 Å². The van der Waals surface area contributed by atoms with Crippen LogP contribution in [0.3, 0.4) is 0 Å². The molecule has 11 N–H and O–H groups in total. The van der Waals surface area contributed by atoms with Crippen molar-refractivity contribution in [3.8, 4) is 0 Å². The molecule has 6 amide bonds. The van der Waals surface area contributed by atoms with Gasteiger partial charge in [0.1, 0.15) is 16.9 Å². The predicted molar refractivity (Wildman–Crippen MR) is 568 cm³/mol. The molecular formula is C112H119Cl3K2N16O12. The van der Waals surface area contributed by atoms with Gasteiger partial charge in [0.15, 0.2) is 17.1 Å². The molecule has 0 saturated carbocycles. The molecule has 2 aliphatic carbocycles. The Morgan fingerprint density at radius 1 is 0.448 bits per heavy atom. The quantitative estimate of drug-likeness (QED) is 0.00733. The molecule has 3 unspecified atom stereocenters. The number of fused-ring (bicyclic) bond motifs is 7. The van der Waals surface area contributed by atoms with Crippen LogP contribution in [-0.4, -0.2) is 109 Å². The van der Waals surface area contributed by atoms with Crippen LogP contribution in [0.25, 0.3) is 43.1 Å². The van der Waals surface area contributed by atoms with Crippen molar-refractivity contribution < 1.29 is 162 Å². The van der Waals surface area contributed by atoms with Crippen molar-refractivity contribution in [3.05, 3.63) is 356 Å². The molecule has 0 radical (unpaired) electrons. The van der Waals surface area contributed by atoms with E-state index in [4.69, 9.17) is 69.5 Å². The summed E-state index contributed by atoms with van der Waals surface area (Å²) in [5, 5.41) is 45.9. The number of benzene rings is 11. The van der Waals surface area contributed by atoms with Crippen molar-refractivity contribution in [1.29, 1.82) is 0 Å². The van der Waals surface area contributed by atoms with Crippen LogP contribution in [-0.2, 0) is 64.1 Å². The van der Waals surface area contributed by atoms with Crippen molar-refractivity contribution in [1.82, 2.24) is 44.2 Å². The molecule has 1 aliphatic heterocycles. The molecule has 0 fully saturated rings. The second-order valence-corrected chi connectivity index (χ2v) is 38.4. The number of carbonyl (C=O) groups excluding carboxylic acids is 8. The Morgan fingerprint density at radius 2 is 0.786 bits per heavy atom. The molecule has 16 aromatic rings. The summed E-state index contributed by atoms with van der Waals surface area (Å²) in [4.78, 5) is 106. The summed E-state index contributed by atoms with van der Waals surface area (Å²) in [6.07, 6.45) is 8.52. The molecule has 3 atom stereocenters. The van der Waals surface area contributed by atoms with Gasteiger partial charge in [0, 0.05) is 104 Å². The molecule has 3 aliphatic rings. The number of alkyl halides is 1. The molecule has 33 heteroatoms. The average Bonchev–Trinajstić information content (AvgIpc) is 1.60. The molecule has 145 heavy (non-hydrogen) atoms. The first kappa shape index (κ1) is 113. The third kappa shape index (κ3) is 29.9. The van der Waals surface area contributed by atoms with Crippen molar-refractivity contribution in [2.45, 2.75) is 183 Å². The summed E-state index contributed by atoms with van der Waals surface area (Å²) in [5.74, 6) is 0.455. The number of nitrogen functional groups attached to an aromatic ring is 2. The Kier molecular flexibility index (Phi) is 40.5. The summed E-state index contributed by atoms with van der Waals surface area (Å²) in [5.41, 5.74) is 32.4. The number of nitrogens with two attached hydrogens (primary N) is 2. The van der Waals surface area contributed by atoms with Gasteiger partial charge in [0.25, 0.3) is 35.3 Å². The van der Waals surface area contributed by atoms with Crippen LogP contribution in [0.5, 0.6) is 0 Å². The van der Waals surface area contributed by atoms with Crippen LogP contribution < -0.4 is 146 Å². The fourth-order valence-electron chi connectivity index (χ4n) is 18.3. The van der Waals surface area contributed by atoms with Crippen LogP contribution in [0.2, 0.25) is 0 Å². The van der Waals surface area contributed by atoms with Crippen LogP contribution in [0.15, 0.2) is 255 Å². The van der Waals surface area contributed by atoms with E-state index in [1.807, 2.05) is 260 Å². The standard InChI is InChI=1S/C32H36N4O3.C31H30N6O2.C27H28N4O.C16H18ClNO2.C5H4ClNO.CH2O3.ClH.2K.H/c1-20-9-6-13-24(17-20)33-30(37)28-27-14-7-10-21(2)29(27)36(35-28)19-23-12-8-11-22-18-25(15-16-26(22)23)34-31(38)39-32(3,4)5;1-19-6-3-9-24(14-19)34-30(38)28-26-18-36(31(39)27-10-5-13-33-27)16-20(2)29(26)37(35-28)17-22-8-4-7-21-15-23(32)11-12-25(21)22;1-17-6-3-10-22(14-17)29-27(32)25-24-11-4-7-18(2)26(24)31(30-25)16-20-9-5-8-19-15-21(28)12-13-23(19)20;1-16(2,3)20-15(19)18-13-7-8-14-11(9-13)5-4-6-12(14)10-17;6-5(8)4-2-1-3-7-4;2-1-4-3;;;;/h6,8-9,11-13,15-18,21H,7,10,14,19H2,1-5H3,(H,33,37)(H,34,38);3-15,20,33H,16-18,32H2,1-2H3,(H,34,38);3,5-6,8-10,12-15,18H,4,7,11,16,28H2,1-2H3,(H,29,32);4-9H,10H2,1-3H3,(H,18,19);1-3,7H;1,3H;1H;;;/q;;;;;;;2*+1;-1/p-1. The Morgan fingerprint density at radius 3 is 1.13 bits per heavy atom. The molecule has 28 nitrogen and oxygen atoms in total. The number of aromatic amines is 2. The van der Waals surface area contributed by atoms with Crippen molar-refractivity contribution in [2.75, 3.05) is 44.6 Å². The number of nitrogens with one attached hydrogen (secondary N) is 7. The second-order valence-electron chi connectivity index (χ2n) is 37.8. The van der Waals surface area contributed by atoms with Gasteiger partial charge in [-0.05, 0) is 316 Å². The number of aromatic nitrogens is 8. The number of anilines is 7. The minimum absolute atomic E-state index is 0. The first-order chi connectivity index (χ1) is 68.0. The number of H-pyrrole nitrogens is 2. The third-order valence-electron chi connectivity index (χ3n) is 24.4. The normalized spacial score (nSPS) is 13.7. The van der Waals surface area contributed by atoms with Gasteiger partial charge in [0.05, 0.1) is 31.9 Å². The molecule has 742 valence electrons. The monoisotopic (exact) mass is 2060 g/mol. The summed E-state index contributed by atoms with van der Waals surface area (Å²) < 4.78 is 16.6. The van der Waals surface area contributed by atoms with Crippen molar-refractivity contribution in [2.24, 2.45) is 0 Å². The molecule has 0 bridgehead atoms. The molecule has 0 saturated heterocycles. The van der Waals surface area contributed by atoms with Crippen LogP contribution >= 0.6 is 35.6 Å². The van der Waals surface area contributed by atoms with Gasteiger partial charge < -0.3 is 63.3 Å². The summed E-state index contributed by atoms with van der Waals surface area (Å²) in [6, 6.07) is 78.2. The Bertz CT molecular complexity index is 7320. The molecule has 0 spiro atoms. The summed E-state index contributed by atoms with van der Waals surface area (Å²) in [6.45, 7) is 25.9. The average molecular weight is 2070 g/mol. The van der Waals surface area contributed by atoms with Crippen LogP contribution in [0.1, 0.15) is 232 Å². The van der Waals surface area contributed by atoms with Crippen LogP contribution in [0, 0.1) is 20.8 Å². The number of nitrogens with zero attached hydrogens (tertiary/aromatic N) is 7.